The van der Waals surface area contributed by atoms with Crippen molar-refractivity contribution in [3.8, 4) is 0 Å². The second-order valence-electron chi connectivity index (χ2n) is 4.07. The molecule has 1 saturated heterocycles. The molecule has 1 aliphatic heterocycles. The molecular weight excluding hydrogens is 152 g/mol. The van der Waals surface area contributed by atoms with Gasteiger partial charge in [0.15, 0.2) is 0 Å². The molecule has 1 N–H and O–H groups in total. The van der Waals surface area contributed by atoms with Gasteiger partial charge in [-0.1, -0.05) is 33.1 Å². The van der Waals surface area contributed by atoms with Crippen molar-refractivity contribution in [3.63, 3.8) is 0 Å². The van der Waals surface area contributed by atoms with Gasteiger partial charge in [-0.3, -0.25) is 0 Å². The van der Waals surface area contributed by atoms with Crippen LogP contribution in [-0.4, -0.2) is 23.9 Å². The Hall–Kier alpha value is -0.0800. The van der Waals surface area contributed by atoms with E-state index in [1.807, 2.05) is 0 Å². The standard InChI is InChI=1S/C10H20O2/c1-8(2)5-3-4-6-9-10(7-11)12-9/h8-11H,3-7H2,1-2H3/t9-,10+/m0/s1. The SMILES string of the molecule is CC(C)CCCC[C@@H]1O[C@@H]1CO. The van der Waals surface area contributed by atoms with E-state index in [1.54, 1.807) is 0 Å². The minimum atomic E-state index is 0.170. The van der Waals surface area contributed by atoms with Crippen LogP contribution >= 0.6 is 0 Å². The van der Waals surface area contributed by atoms with Crippen molar-refractivity contribution in [2.24, 2.45) is 5.92 Å². The number of hydrogen-bond donors (Lipinski definition) is 1. The number of ether oxygens (including phenoxy) is 1. The molecule has 0 amide bonds. The smallest absolute Gasteiger partial charge is 0.107 e. The normalized spacial score (nSPS) is 28.0. The van der Waals surface area contributed by atoms with Crippen LogP contribution in [0.15, 0.2) is 0 Å². The minimum absolute atomic E-state index is 0.170. The average molecular weight is 172 g/mol. The second kappa shape index (κ2) is 4.83. The van der Waals surface area contributed by atoms with Crippen molar-refractivity contribution in [1.29, 1.82) is 0 Å². The quantitative estimate of drug-likeness (QED) is 0.490. The molecule has 0 radical (unpaired) electrons. The second-order valence-corrected chi connectivity index (χ2v) is 4.07. The fourth-order valence-electron chi connectivity index (χ4n) is 1.49. The predicted octanol–water partition coefficient (Wildman–Crippen LogP) is 1.96. The molecule has 2 nitrogen and oxygen atoms in total. The average Bonchev–Trinajstić information content (AvgIpc) is 2.76. The van der Waals surface area contributed by atoms with E-state index in [2.05, 4.69) is 13.8 Å². The van der Waals surface area contributed by atoms with Crippen LogP contribution in [-0.2, 0) is 4.74 Å². The van der Waals surface area contributed by atoms with Crippen molar-refractivity contribution in [1.82, 2.24) is 0 Å². The Morgan fingerprint density at radius 1 is 1.25 bits per heavy atom. The lowest BCUT2D eigenvalue weighted by molar-refractivity contribution is 0.241. The molecule has 2 atom stereocenters. The highest BCUT2D eigenvalue weighted by molar-refractivity contribution is 4.83. The molecule has 0 bridgehead atoms. The molecule has 1 heterocycles. The van der Waals surface area contributed by atoms with Crippen molar-refractivity contribution >= 4 is 0 Å². The molecular formula is C10H20O2. The third-order valence-corrected chi connectivity index (χ3v) is 2.39. The van der Waals surface area contributed by atoms with Crippen LogP contribution in [0.2, 0.25) is 0 Å². The van der Waals surface area contributed by atoms with E-state index in [0.717, 1.165) is 12.3 Å². The van der Waals surface area contributed by atoms with Crippen molar-refractivity contribution in [2.45, 2.75) is 51.7 Å². The van der Waals surface area contributed by atoms with Crippen molar-refractivity contribution in [3.05, 3.63) is 0 Å². The van der Waals surface area contributed by atoms with Crippen LogP contribution in [0.1, 0.15) is 39.5 Å². The molecule has 72 valence electrons. The summed E-state index contributed by atoms with van der Waals surface area (Å²) in [7, 11) is 0. The molecule has 2 heteroatoms. The monoisotopic (exact) mass is 172 g/mol. The first kappa shape index (κ1) is 10.0. The van der Waals surface area contributed by atoms with E-state index < -0.39 is 0 Å². The molecule has 1 aliphatic rings. The summed E-state index contributed by atoms with van der Waals surface area (Å²) < 4.78 is 5.22. The van der Waals surface area contributed by atoms with Crippen LogP contribution in [0.3, 0.4) is 0 Å². The van der Waals surface area contributed by atoms with Gasteiger partial charge in [0.2, 0.25) is 0 Å². The van der Waals surface area contributed by atoms with Gasteiger partial charge < -0.3 is 9.84 Å². The first-order valence-electron chi connectivity index (χ1n) is 5.00. The molecule has 0 aromatic heterocycles. The van der Waals surface area contributed by atoms with E-state index in [-0.39, 0.29) is 12.7 Å². The number of aliphatic hydroxyl groups is 1. The number of aliphatic hydroxyl groups excluding tert-OH is 1. The Bertz CT molecular complexity index is 123. The van der Waals surface area contributed by atoms with Gasteiger partial charge in [-0.25, -0.2) is 0 Å². The fraction of sp³-hybridized carbons (Fsp3) is 1.00. The van der Waals surface area contributed by atoms with Gasteiger partial charge in [0.1, 0.15) is 6.10 Å². The summed E-state index contributed by atoms with van der Waals surface area (Å²) in [6.45, 7) is 4.71. The molecule has 12 heavy (non-hydrogen) atoms. The molecule has 0 unspecified atom stereocenters. The summed E-state index contributed by atoms with van der Waals surface area (Å²) in [6, 6.07) is 0. The van der Waals surface area contributed by atoms with Gasteiger partial charge in [0.25, 0.3) is 0 Å². The zero-order valence-electron chi connectivity index (χ0n) is 8.12. The van der Waals surface area contributed by atoms with Gasteiger partial charge in [0.05, 0.1) is 12.7 Å². The summed E-state index contributed by atoms with van der Waals surface area (Å²) in [5, 5.41) is 8.70. The number of rotatable bonds is 6. The van der Waals surface area contributed by atoms with Gasteiger partial charge in [-0.05, 0) is 12.3 Å². The van der Waals surface area contributed by atoms with Gasteiger partial charge in [-0.2, -0.15) is 0 Å². The van der Waals surface area contributed by atoms with Crippen molar-refractivity contribution in [2.75, 3.05) is 6.61 Å². The lowest BCUT2D eigenvalue weighted by Gasteiger charge is -2.02. The third-order valence-electron chi connectivity index (χ3n) is 2.39. The Morgan fingerprint density at radius 2 is 2.00 bits per heavy atom. The molecule has 0 aliphatic carbocycles. The number of unbranched alkanes of at least 4 members (excludes halogenated alkanes) is 1. The molecule has 1 rings (SSSR count). The molecule has 1 fully saturated rings. The maximum absolute atomic E-state index is 8.70. The Kier molecular flexibility index (Phi) is 4.02. The zero-order valence-corrected chi connectivity index (χ0v) is 8.12. The summed E-state index contributed by atoms with van der Waals surface area (Å²) in [4.78, 5) is 0. The maximum atomic E-state index is 8.70. The van der Waals surface area contributed by atoms with E-state index in [1.165, 1.54) is 19.3 Å². The largest absolute Gasteiger partial charge is 0.394 e. The summed E-state index contributed by atoms with van der Waals surface area (Å²) >= 11 is 0. The lowest BCUT2D eigenvalue weighted by Crippen LogP contribution is -1.99. The van der Waals surface area contributed by atoms with E-state index in [0.29, 0.717) is 6.10 Å². The Labute approximate surface area is 74.9 Å². The van der Waals surface area contributed by atoms with Crippen LogP contribution in [0.5, 0.6) is 0 Å². The van der Waals surface area contributed by atoms with Crippen LogP contribution < -0.4 is 0 Å². The van der Waals surface area contributed by atoms with E-state index >= 15 is 0 Å². The minimum Gasteiger partial charge on any atom is -0.394 e. The van der Waals surface area contributed by atoms with Gasteiger partial charge >= 0.3 is 0 Å². The van der Waals surface area contributed by atoms with Crippen LogP contribution in [0.25, 0.3) is 0 Å². The Morgan fingerprint density at radius 3 is 2.50 bits per heavy atom. The van der Waals surface area contributed by atoms with Crippen molar-refractivity contribution < 1.29 is 9.84 Å². The lowest BCUT2D eigenvalue weighted by atomic mass is 10.0. The zero-order chi connectivity index (χ0) is 8.97. The first-order chi connectivity index (χ1) is 5.74. The molecule has 0 aromatic carbocycles. The third kappa shape index (κ3) is 3.55. The number of hydrogen-bond acceptors (Lipinski definition) is 2. The summed E-state index contributed by atoms with van der Waals surface area (Å²) in [5.74, 6) is 0.818. The van der Waals surface area contributed by atoms with E-state index in [9.17, 15) is 0 Å². The Balaban J connectivity index is 1.84. The number of epoxide rings is 1. The summed E-state index contributed by atoms with van der Waals surface area (Å²) in [6.07, 6.45) is 5.55. The fourth-order valence-corrected chi connectivity index (χ4v) is 1.49. The molecule has 0 aromatic rings. The highest BCUT2D eigenvalue weighted by Crippen LogP contribution is 2.26. The molecule has 0 saturated carbocycles. The molecule has 0 spiro atoms. The van der Waals surface area contributed by atoms with Gasteiger partial charge in [0, 0.05) is 0 Å². The van der Waals surface area contributed by atoms with Crippen LogP contribution in [0, 0.1) is 5.92 Å². The predicted molar refractivity (Wildman–Crippen MR) is 49.1 cm³/mol. The van der Waals surface area contributed by atoms with E-state index in [4.69, 9.17) is 9.84 Å². The first-order valence-corrected chi connectivity index (χ1v) is 5.00. The highest BCUT2D eigenvalue weighted by Gasteiger charge is 2.36. The van der Waals surface area contributed by atoms with Crippen LogP contribution in [0.4, 0.5) is 0 Å². The highest BCUT2D eigenvalue weighted by atomic mass is 16.6. The maximum Gasteiger partial charge on any atom is 0.107 e. The topological polar surface area (TPSA) is 32.8 Å². The summed E-state index contributed by atoms with van der Waals surface area (Å²) in [5.41, 5.74) is 0. The van der Waals surface area contributed by atoms with Gasteiger partial charge in [-0.15, -0.1) is 0 Å².